The van der Waals surface area contributed by atoms with Crippen molar-refractivity contribution in [1.82, 2.24) is 0 Å². The van der Waals surface area contributed by atoms with Gasteiger partial charge in [0.15, 0.2) is 0 Å². The summed E-state index contributed by atoms with van der Waals surface area (Å²) in [6, 6.07) is 1.14. The lowest BCUT2D eigenvalue weighted by Crippen LogP contribution is -1.83. The third kappa shape index (κ3) is 4.49. The van der Waals surface area contributed by atoms with Crippen molar-refractivity contribution in [3.05, 3.63) is 0 Å². The zero-order chi connectivity index (χ0) is 4.12. The van der Waals surface area contributed by atoms with Crippen molar-refractivity contribution in [2.75, 3.05) is 6.06 Å². The van der Waals surface area contributed by atoms with Crippen LogP contribution in [0.25, 0.3) is 0 Å². The van der Waals surface area contributed by atoms with Crippen LogP contribution in [-0.4, -0.2) is 13.3 Å². The van der Waals surface area contributed by atoms with E-state index in [1.54, 1.807) is 0 Å². The van der Waals surface area contributed by atoms with Gasteiger partial charge in [-0.1, -0.05) is 19.3 Å². The second kappa shape index (κ2) is 4.49. The highest BCUT2D eigenvalue weighted by molar-refractivity contribution is 7.20. The molecular formula is C3H9BP. The van der Waals surface area contributed by atoms with E-state index in [9.17, 15) is 0 Å². The van der Waals surface area contributed by atoms with Crippen LogP contribution >= 0.6 is 9.24 Å². The van der Waals surface area contributed by atoms with Gasteiger partial charge in [-0.2, -0.15) is 0 Å². The normalized spacial score (nSPS) is 7.60. The van der Waals surface area contributed by atoms with Gasteiger partial charge in [0.1, 0.15) is 7.28 Å². The van der Waals surface area contributed by atoms with Gasteiger partial charge in [0, 0.05) is 0 Å². The van der Waals surface area contributed by atoms with Crippen LogP contribution in [0.4, 0.5) is 0 Å². The van der Waals surface area contributed by atoms with E-state index in [0.717, 1.165) is 6.06 Å². The second-order valence-corrected chi connectivity index (χ2v) is 1.40. The molecule has 0 aromatic rings. The Morgan fingerprint density at radius 2 is 2.40 bits per heavy atom. The summed E-state index contributed by atoms with van der Waals surface area (Å²) in [4.78, 5) is 0. The number of rotatable bonds is 2. The summed E-state index contributed by atoms with van der Waals surface area (Å²) in [5.41, 5.74) is 0. The molecule has 0 N–H and O–H groups in total. The topological polar surface area (TPSA) is 0 Å². The van der Waals surface area contributed by atoms with E-state index in [0.29, 0.717) is 0 Å². The lowest BCUT2D eigenvalue weighted by atomic mass is 9.79. The van der Waals surface area contributed by atoms with Crippen molar-refractivity contribution >= 4 is 16.5 Å². The fraction of sp³-hybridized carbons (Fsp3) is 1.00. The minimum absolute atomic E-state index is 1.14. The number of hydrogen-bond acceptors (Lipinski definition) is 0. The molecule has 29 valence electrons. The molecule has 0 aromatic carbocycles. The Morgan fingerprint density at radius 1 is 1.80 bits per heavy atom. The molecule has 0 aromatic heterocycles. The zero-order valence-corrected chi connectivity index (χ0v) is 4.72. The summed E-state index contributed by atoms with van der Waals surface area (Å²) in [5, 5.41) is 0. The fourth-order valence-electron chi connectivity index (χ4n) is 0.167. The van der Waals surface area contributed by atoms with Gasteiger partial charge in [-0.15, -0.1) is 9.24 Å². The second-order valence-electron chi connectivity index (χ2n) is 0.933. The molecule has 0 nitrogen and oxygen atoms in total. The Morgan fingerprint density at radius 3 is 2.40 bits per heavy atom. The van der Waals surface area contributed by atoms with Crippen LogP contribution in [-0.2, 0) is 0 Å². The molecule has 0 spiro atoms. The highest BCUT2D eigenvalue weighted by atomic mass is 31.0. The van der Waals surface area contributed by atoms with E-state index in [-0.39, 0.29) is 0 Å². The van der Waals surface area contributed by atoms with E-state index < -0.39 is 0 Å². The highest BCUT2D eigenvalue weighted by Gasteiger charge is 1.72. The van der Waals surface area contributed by atoms with E-state index in [4.69, 9.17) is 0 Å². The van der Waals surface area contributed by atoms with Crippen LogP contribution < -0.4 is 0 Å². The Bertz CT molecular complexity index is 14.4. The third-order valence-electron chi connectivity index (χ3n) is 0.455. The first-order valence-electron chi connectivity index (χ1n) is 1.93. The van der Waals surface area contributed by atoms with Gasteiger partial charge >= 0.3 is 0 Å². The lowest BCUT2D eigenvalue weighted by Gasteiger charge is -1.75. The van der Waals surface area contributed by atoms with E-state index in [2.05, 4.69) is 23.4 Å². The maximum absolute atomic E-state index is 2.64. The maximum Gasteiger partial charge on any atom is 0.114 e. The van der Waals surface area contributed by atoms with E-state index in [1.165, 1.54) is 6.32 Å². The highest BCUT2D eigenvalue weighted by Crippen LogP contribution is 1.78. The van der Waals surface area contributed by atoms with Crippen molar-refractivity contribution in [2.24, 2.45) is 0 Å². The predicted octanol–water partition coefficient (Wildman–Crippen LogP) is 0.961. The van der Waals surface area contributed by atoms with Crippen LogP contribution in [0, 0.1) is 0 Å². The van der Waals surface area contributed by atoms with Gasteiger partial charge in [0.05, 0.1) is 0 Å². The van der Waals surface area contributed by atoms with Gasteiger partial charge in [-0.05, 0) is 0 Å². The van der Waals surface area contributed by atoms with Crippen molar-refractivity contribution in [1.29, 1.82) is 0 Å². The Hall–Kier alpha value is 0.495. The first-order chi connectivity index (χ1) is 2.41. The first-order valence-corrected chi connectivity index (χ1v) is 2.75. The average Bonchev–Trinajstić information content (AvgIpc) is 1.41. The standard InChI is InChI=1S/C3H9BP/c1-2-4-3-5/h2-3,5H2,1H3. The minimum Gasteiger partial charge on any atom is -0.146 e. The summed E-state index contributed by atoms with van der Waals surface area (Å²) in [5.74, 6) is 0. The van der Waals surface area contributed by atoms with Crippen molar-refractivity contribution < 1.29 is 0 Å². The molecule has 0 fully saturated rings. The first kappa shape index (κ1) is 5.49. The molecule has 0 aliphatic carbocycles. The molecule has 0 amide bonds. The summed E-state index contributed by atoms with van der Waals surface area (Å²) in [6.07, 6.45) is 1.20. The molecule has 0 heterocycles. The molecule has 0 saturated heterocycles. The van der Waals surface area contributed by atoms with Crippen molar-refractivity contribution in [3.8, 4) is 0 Å². The molecule has 5 heavy (non-hydrogen) atoms. The molecule has 1 unspecified atom stereocenters. The largest absolute Gasteiger partial charge is 0.146 e. The Balaban J connectivity index is 2.19. The molecule has 2 heteroatoms. The molecule has 0 bridgehead atoms. The molecule has 0 aliphatic heterocycles. The minimum atomic E-state index is 1.14. The van der Waals surface area contributed by atoms with Gasteiger partial charge in [-0.3, -0.25) is 0 Å². The summed E-state index contributed by atoms with van der Waals surface area (Å²) >= 11 is 0. The summed E-state index contributed by atoms with van der Waals surface area (Å²) in [7, 11) is 4.86. The lowest BCUT2D eigenvalue weighted by molar-refractivity contribution is 1.45. The Labute approximate surface area is 36.8 Å². The van der Waals surface area contributed by atoms with Crippen LogP contribution in [0.3, 0.4) is 0 Å². The maximum atomic E-state index is 2.64. The molecule has 0 aliphatic rings. The van der Waals surface area contributed by atoms with Crippen molar-refractivity contribution in [2.45, 2.75) is 13.2 Å². The van der Waals surface area contributed by atoms with Crippen LogP contribution in [0.5, 0.6) is 0 Å². The summed E-state index contributed by atoms with van der Waals surface area (Å²) in [6.45, 7) is 2.14. The van der Waals surface area contributed by atoms with Gasteiger partial charge in [-0.25, -0.2) is 0 Å². The molecule has 1 atom stereocenters. The van der Waals surface area contributed by atoms with Crippen LogP contribution in [0.1, 0.15) is 6.92 Å². The van der Waals surface area contributed by atoms with Crippen LogP contribution in [0.2, 0.25) is 6.32 Å². The predicted molar refractivity (Wildman–Crippen MR) is 30.8 cm³/mol. The monoisotopic (exact) mass is 87.1 g/mol. The quantitative estimate of drug-likeness (QED) is 0.347. The van der Waals surface area contributed by atoms with Crippen molar-refractivity contribution in [3.63, 3.8) is 0 Å². The number of hydrogen-bond donors (Lipinski definition) is 0. The smallest absolute Gasteiger partial charge is 0.114 e. The van der Waals surface area contributed by atoms with Gasteiger partial charge in [0.25, 0.3) is 0 Å². The van der Waals surface area contributed by atoms with Gasteiger partial charge < -0.3 is 0 Å². The molecule has 0 rings (SSSR count). The average molecular weight is 86.9 g/mol. The van der Waals surface area contributed by atoms with Crippen LogP contribution in [0.15, 0.2) is 0 Å². The molecule has 0 saturated carbocycles. The zero-order valence-electron chi connectivity index (χ0n) is 3.57. The molecule has 1 radical (unpaired) electrons. The fourth-order valence-corrected chi connectivity index (χ4v) is 0.500. The molecular weight excluding hydrogens is 77.8 g/mol. The van der Waals surface area contributed by atoms with E-state index >= 15 is 0 Å². The SMILES string of the molecule is CC[B]CP. The third-order valence-corrected chi connectivity index (χ3v) is 0.789. The Kier molecular flexibility index (Phi) is 4.94. The van der Waals surface area contributed by atoms with E-state index in [1.807, 2.05) is 0 Å². The summed E-state index contributed by atoms with van der Waals surface area (Å²) < 4.78 is 0. The van der Waals surface area contributed by atoms with Gasteiger partial charge in [0.2, 0.25) is 0 Å².